The Morgan fingerprint density at radius 3 is 2.61 bits per heavy atom. The Bertz CT molecular complexity index is 316. The molecule has 0 bridgehead atoms. The molecule has 0 spiro atoms. The monoisotopic (exact) mass is 255 g/mol. The fourth-order valence-corrected chi connectivity index (χ4v) is 2.47. The van der Waals surface area contributed by atoms with Crippen LogP contribution in [0.3, 0.4) is 0 Å². The van der Waals surface area contributed by atoms with Gasteiger partial charge < -0.3 is 19.9 Å². The first-order chi connectivity index (χ1) is 8.70. The molecule has 2 saturated heterocycles. The molecule has 0 radical (unpaired) electrons. The predicted molar refractivity (Wildman–Crippen MR) is 66.1 cm³/mol. The van der Waals surface area contributed by atoms with Crippen LogP contribution in [0.1, 0.15) is 13.3 Å². The standard InChI is InChI=1S/C12H21N3O3/c1-10(16)15-4-2-3-13-9-11(15)12(17)14-5-7-18-8-6-14/h11,13H,2-9H2,1H3. The van der Waals surface area contributed by atoms with Gasteiger partial charge in [-0.2, -0.15) is 0 Å². The third kappa shape index (κ3) is 3.00. The molecule has 2 aliphatic rings. The Balaban J connectivity index is 2.06. The molecule has 2 aliphatic heterocycles. The summed E-state index contributed by atoms with van der Waals surface area (Å²) in [5.41, 5.74) is 0. The number of amides is 2. The molecule has 0 saturated carbocycles. The van der Waals surface area contributed by atoms with Crippen LogP contribution in [0.15, 0.2) is 0 Å². The van der Waals surface area contributed by atoms with E-state index in [9.17, 15) is 9.59 Å². The van der Waals surface area contributed by atoms with E-state index in [2.05, 4.69) is 5.32 Å². The van der Waals surface area contributed by atoms with Crippen molar-refractivity contribution in [2.45, 2.75) is 19.4 Å². The molecular formula is C12H21N3O3. The molecule has 6 nitrogen and oxygen atoms in total. The van der Waals surface area contributed by atoms with Gasteiger partial charge in [-0.1, -0.05) is 0 Å². The highest BCUT2D eigenvalue weighted by atomic mass is 16.5. The maximum atomic E-state index is 12.5. The molecule has 102 valence electrons. The number of ether oxygens (including phenoxy) is 1. The van der Waals surface area contributed by atoms with Gasteiger partial charge in [0.15, 0.2) is 0 Å². The van der Waals surface area contributed by atoms with E-state index >= 15 is 0 Å². The maximum absolute atomic E-state index is 12.5. The van der Waals surface area contributed by atoms with E-state index in [1.54, 1.807) is 9.80 Å². The summed E-state index contributed by atoms with van der Waals surface area (Å²) in [5, 5.41) is 3.23. The Labute approximate surface area is 107 Å². The Hall–Kier alpha value is -1.14. The number of hydrogen-bond acceptors (Lipinski definition) is 4. The average Bonchev–Trinajstić information content (AvgIpc) is 2.64. The average molecular weight is 255 g/mol. The first kappa shape index (κ1) is 13.3. The van der Waals surface area contributed by atoms with Crippen molar-refractivity contribution < 1.29 is 14.3 Å². The molecule has 1 unspecified atom stereocenters. The number of morpholine rings is 1. The summed E-state index contributed by atoms with van der Waals surface area (Å²) in [7, 11) is 0. The zero-order chi connectivity index (χ0) is 13.0. The zero-order valence-corrected chi connectivity index (χ0v) is 10.9. The van der Waals surface area contributed by atoms with Crippen molar-refractivity contribution in [2.75, 3.05) is 45.9 Å². The van der Waals surface area contributed by atoms with Gasteiger partial charge in [0.05, 0.1) is 13.2 Å². The van der Waals surface area contributed by atoms with Crippen molar-refractivity contribution in [3.63, 3.8) is 0 Å². The number of rotatable bonds is 1. The van der Waals surface area contributed by atoms with Gasteiger partial charge in [0.2, 0.25) is 11.8 Å². The van der Waals surface area contributed by atoms with Gasteiger partial charge >= 0.3 is 0 Å². The lowest BCUT2D eigenvalue weighted by molar-refractivity contribution is -0.147. The lowest BCUT2D eigenvalue weighted by atomic mass is 10.2. The lowest BCUT2D eigenvalue weighted by Crippen LogP contribution is -2.55. The lowest BCUT2D eigenvalue weighted by Gasteiger charge is -2.34. The van der Waals surface area contributed by atoms with Crippen LogP contribution in [0, 0.1) is 0 Å². The molecule has 2 rings (SSSR count). The van der Waals surface area contributed by atoms with Gasteiger partial charge in [-0.25, -0.2) is 0 Å². The first-order valence-corrected chi connectivity index (χ1v) is 6.54. The second-order valence-corrected chi connectivity index (χ2v) is 4.72. The highest BCUT2D eigenvalue weighted by Gasteiger charge is 2.32. The van der Waals surface area contributed by atoms with Crippen molar-refractivity contribution >= 4 is 11.8 Å². The molecule has 2 heterocycles. The van der Waals surface area contributed by atoms with Crippen LogP contribution in [0.2, 0.25) is 0 Å². The van der Waals surface area contributed by atoms with Gasteiger partial charge in [-0.3, -0.25) is 9.59 Å². The van der Waals surface area contributed by atoms with Gasteiger partial charge in [-0.05, 0) is 13.0 Å². The fraction of sp³-hybridized carbons (Fsp3) is 0.833. The summed E-state index contributed by atoms with van der Waals surface area (Å²) in [6, 6.07) is -0.358. The molecule has 6 heteroatoms. The van der Waals surface area contributed by atoms with Gasteiger partial charge in [0.25, 0.3) is 0 Å². The molecule has 0 aliphatic carbocycles. The van der Waals surface area contributed by atoms with Crippen LogP contribution >= 0.6 is 0 Å². The van der Waals surface area contributed by atoms with Gasteiger partial charge in [0, 0.05) is 33.1 Å². The highest BCUT2D eigenvalue weighted by Crippen LogP contribution is 2.10. The van der Waals surface area contributed by atoms with E-state index < -0.39 is 0 Å². The molecule has 1 N–H and O–H groups in total. The Kier molecular flexibility index (Phi) is 4.54. The molecule has 0 aromatic rings. The van der Waals surface area contributed by atoms with E-state index in [0.29, 0.717) is 39.4 Å². The number of nitrogens with zero attached hydrogens (tertiary/aromatic N) is 2. The SMILES string of the molecule is CC(=O)N1CCCNCC1C(=O)N1CCOCC1. The quantitative estimate of drug-likeness (QED) is 0.656. The molecule has 18 heavy (non-hydrogen) atoms. The van der Waals surface area contributed by atoms with Crippen molar-refractivity contribution in [2.24, 2.45) is 0 Å². The summed E-state index contributed by atoms with van der Waals surface area (Å²) < 4.78 is 5.25. The van der Waals surface area contributed by atoms with E-state index in [1.165, 1.54) is 6.92 Å². The zero-order valence-electron chi connectivity index (χ0n) is 10.9. The Morgan fingerprint density at radius 2 is 1.94 bits per heavy atom. The number of hydrogen-bond donors (Lipinski definition) is 1. The number of nitrogens with one attached hydrogen (secondary N) is 1. The maximum Gasteiger partial charge on any atom is 0.246 e. The third-order valence-corrected chi connectivity index (χ3v) is 3.48. The van der Waals surface area contributed by atoms with E-state index in [-0.39, 0.29) is 17.9 Å². The van der Waals surface area contributed by atoms with Crippen LogP contribution in [0.4, 0.5) is 0 Å². The minimum atomic E-state index is -0.358. The van der Waals surface area contributed by atoms with Crippen LogP contribution < -0.4 is 5.32 Å². The summed E-state index contributed by atoms with van der Waals surface area (Å²) in [4.78, 5) is 27.6. The molecule has 2 amide bonds. The van der Waals surface area contributed by atoms with Crippen LogP contribution in [0.25, 0.3) is 0 Å². The number of carbonyl (C=O) groups excluding carboxylic acids is 2. The summed E-state index contributed by atoms with van der Waals surface area (Å²) in [6.07, 6.45) is 0.895. The molecule has 0 aromatic carbocycles. The molecule has 2 fully saturated rings. The molecule has 1 atom stereocenters. The molecular weight excluding hydrogens is 234 g/mol. The van der Waals surface area contributed by atoms with E-state index in [0.717, 1.165) is 13.0 Å². The van der Waals surface area contributed by atoms with Crippen LogP contribution in [-0.2, 0) is 14.3 Å². The van der Waals surface area contributed by atoms with Crippen LogP contribution in [-0.4, -0.2) is 73.6 Å². The van der Waals surface area contributed by atoms with Crippen molar-refractivity contribution in [1.29, 1.82) is 0 Å². The van der Waals surface area contributed by atoms with Crippen molar-refractivity contribution in [3.05, 3.63) is 0 Å². The topological polar surface area (TPSA) is 61.9 Å². The minimum Gasteiger partial charge on any atom is -0.378 e. The summed E-state index contributed by atoms with van der Waals surface area (Å²) >= 11 is 0. The second-order valence-electron chi connectivity index (χ2n) is 4.72. The van der Waals surface area contributed by atoms with Crippen molar-refractivity contribution in [1.82, 2.24) is 15.1 Å². The Morgan fingerprint density at radius 1 is 1.22 bits per heavy atom. The van der Waals surface area contributed by atoms with Gasteiger partial charge in [0.1, 0.15) is 6.04 Å². The smallest absolute Gasteiger partial charge is 0.246 e. The fourth-order valence-electron chi connectivity index (χ4n) is 2.47. The normalized spacial score (nSPS) is 25.7. The van der Waals surface area contributed by atoms with Crippen LogP contribution in [0.5, 0.6) is 0 Å². The minimum absolute atomic E-state index is 0.0229. The van der Waals surface area contributed by atoms with Crippen molar-refractivity contribution in [3.8, 4) is 0 Å². The second kappa shape index (κ2) is 6.15. The third-order valence-electron chi connectivity index (χ3n) is 3.48. The first-order valence-electron chi connectivity index (χ1n) is 6.54. The largest absolute Gasteiger partial charge is 0.378 e. The number of carbonyl (C=O) groups is 2. The summed E-state index contributed by atoms with van der Waals surface area (Å²) in [5.74, 6) is 0.0215. The van der Waals surface area contributed by atoms with E-state index in [1.807, 2.05) is 0 Å². The predicted octanol–water partition coefficient (Wildman–Crippen LogP) is -0.944. The molecule has 0 aromatic heterocycles. The highest BCUT2D eigenvalue weighted by molar-refractivity contribution is 5.87. The summed E-state index contributed by atoms with van der Waals surface area (Å²) in [6.45, 7) is 6.03. The van der Waals surface area contributed by atoms with Gasteiger partial charge in [-0.15, -0.1) is 0 Å². The van der Waals surface area contributed by atoms with E-state index in [4.69, 9.17) is 4.74 Å².